The second-order valence-electron chi connectivity index (χ2n) is 1.95. The second-order valence-corrected chi connectivity index (χ2v) is 1.95. The Kier molecular flexibility index (Phi) is 2.12. The lowest BCUT2D eigenvalue weighted by Crippen LogP contribution is -2.21. The zero-order valence-corrected chi connectivity index (χ0v) is 5.64. The van der Waals surface area contributed by atoms with Crippen LogP contribution in [0.3, 0.4) is 0 Å². The highest BCUT2D eigenvalue weighted by molar-refractivity contribution is 5.74. The van der Waals surface area contributed by atoms with E-state index in [0.29, 0.717) is 0 Å². The molecule has 3 N–H and O–H groups in total. The molecule has 1 atom stereocenters. The first-order chi connectivity index (χ1) is 5.22. The van der Waals surface area contributed by atoms with Crippen LogP contribution in [0.5, 0.6) is 0 Å². The normalized spacial score (nSPS) is 12.5. The van der Waals surface area contributed by atoms with Crippen molar-refractivity contribution in [2.75, 3.05) is 0 Å². The van der Waals surface area contributed by atoms with E-state index in [1.807, 2.05) is 0 Å². The number of carboxylic acids is 1. The van der Waals surface area contributed by atoms with E-state index in [2.05, 4.69) is 9.97 Å². The summed E-state index contributed by atoms with van der Waals surface area (Å²) in [5.41, 5.74) is 5.50. The third-order valence-electron chi connectivity index (χ3n) is 1.17. The summed E-state index contributed by atoms with van der Waals surface area (Å²) in [6.07, 6.45) is 4.19. The fourth-order valence-corrected chi connectivity index (χ4v) is 0.598. The van der Waals surface area contributed by atoms with Crippen molar-refractivity contribution in [3.8, 4) is 0 Å². The minimum absolute atomic E-state index is 0.264. The third-order valence-corrected chi connectivity index (χ3v) is 1.17. The highest BCUT2D eigenvalue weighted by atomic mass is 16.4. The van der Waals surface area contributed by atoms with Crippen molar-refractivity contribution in [2.45, 2.75) is 6.04 Å². The maximum absolute atomic E-state index is 10.3. The first-order valence-corrected chi connectivity index (χ1v) is 2.96. The lowest BCUT2D eigenvalue weighted by Gasteiger charge is -2.02. The van der Waals surface area contributed by atoms with E-state index >= 15 is 0 Å². The number of carbonyl (C=O) groups is 1. The molecule has 1 rings (SSSR count). The predicted molar refractivity (Wildman–Crippen MR) is 36.6 cm³/mol. The molecule has 0 spiro atoms. The van der Waals surface area contributed by atoms with Crippen LogP contribution in [-0.2, 0) is 4.79 Å². The molecular formula is C6H7N3O2. The molecule has 0 aliphatic heterocycles. The SMILES string of the molecule is NC(C(=O)O)c1cnccn1. The number of hydrogen-bond donors (Lipinski definition) is 2. The van der Waals surface area contributed by atoms with Gasteiger partial charge in [-0.2, -0.15) is 0 Å². The average Bonchev–Trinajstić information content (AvgIpc) is 2.05. The van der Waals surface area contributed by atoms with Crippen molar-refractivity contribution in [3.63, 3.8) is 0 Å². The number of aromatic nitrogens is 2. The Hall–Kier alpha value is -1.49. The molecule has 11 heavy (non-hydrogen) atoms. The fourth-order valence-electron chi connectivity index (χ4n) is 0.598. The monoisotopic (exact) mass is 153 g/mol. The van der Waals surface area contributed by atoms with Crippen LogP contribution in [0.4, 0.5) is 0 Å². The van der Waals surface area contributed by atoms with Crippen LogP contribution in [-0.4, -0.2) is 21.0 Å². The molecule has 5 heteroatoms. The summed E-state index contributed by atoms with van der Waals surface area (Å²) in [4.78, 5) is 17.7. The van der Waals surface area contributed by atoms with Gasteiger partial charge < -0.3 is 10.8 Å². The summed E-state index contributed by atoms with van der Waals surface area (Å²) in [5, 5.41) is 8.44. The van der Waals surface area contributed by atoms with Crippen LogP contribution in [0.25, 0.3) is 0 Å². The Morgan fingerprint density at radius 2 is 2.36 bits per heavy atom. The molecule has 0 fully saturated rings. The number of aliphatic carboxylic acids is 1. The minimum Gasteiger partial charge on any atom is -0.480 e. The minimum atomic E-state index is -1.11. The van der Waals surface area contributed by atoms with E-state index in [0.717, 1.165) is 0 Å². The summed E-state index contributed by atoms with van der Waals surface area (Å²) in [6, 6.07) is -1.08. The second kappa shape index (κ2) is 3.07. The first kappa shape index (κ1) is 7.62. The molecule has 1 unspecified atom stereocenters. The van der Waals surface area contributed by atoms with Crippen LogP contribution in [0, 0.1) is 0 Å². The molecule has 0 aromatic carbocycles. The molecule has 0 saturated heterocycles. The summed E-state index contributed by atoms with van der Waals surface area (Å²) in [7, 11) is 0. The number of rotatable bonds is 2. The lowest BCUT2D eigenvalue weighted by atomic mass is 10.2. The Labute approximate surface area is 62.9 Å². The first-order valence-electron chi connectivity index (χ1n) is 2.96. The van der Waals surface area contributed by atoms with Gasteiger partial charge in [-0.1, -0.05) is 0 Å². The maximum Gasteiger partial charge on any atom is 0.326 e. The van der Waals surface area contributed by atoms with E-state index in [4.69, 9.17) is 10.8 Å². The number of carboxylic acid groups (broad SMARTS) is 1. The quantitative estimate of drug-likeness (QED) is 0.601. The smallest absolute Gasteiger partial charge is 0.326 e. The van der Waals surface area contributed by atoms with E-state index < -0.39 is 12.0 Å². The van der Waals surface area contributed by atoms with Gasteiger partial charge in [-0.25, -0.2) is 0 Å². The molecule has 0 bridgehead atoms. The molecule has 1 heterocycles. The molecule has 1 aromatic heterocycles. The van der Waals surface area contributed by atoms with Gasteiger partial charge in [-0.05, 0) is 0 Å². The highest BCUT2D eigenvalue weighted by Gasteiger charge is 2.14. The van der Waals surface area contributed by atoms with E-state index in [1.165, 1.54) is 18.6 Å². The van der Waals surface area contributed by atoms with E-state index in [1.54, 1.807) is 0 Å². The summed E-state index contributed by atoms with van der Waals surface area (Å²) in [5.74, 6) is -1.11. The molecule has 5 nitrogen and oxygen atoms in total. The zero-order chi connectivity index (χ0) is 8.27. The van der Waals surface area contributed by atoms with Gasteiger partial charge >= 0.3 is 5.97 Å². The molecule has 0 aliphatic rings. The fraction of sp³-hybridized carbons (Fsp3) is 0.167. The standard InChI is InChI=1S/C6H7N3O2/c7-5(6(10)11)4-3-8-1-2-9-4/h1-3,5H,7H2,(H,10,11). The lowest BCUT2D eigenvalue weighted by molar-refractivity contribution is -0.138. The van der Waals surface area contributed by atoms with Crippen LogP contribution < -0.4 is 5.73 Å². The number of nitrogens with zero attached hydrogens (tertiary/aromatic N) is 2. The van der Waals surface area contributed by atoms with Crippen molar-refractivity contribution in [2.24, 2.45) is 5.73 Å². The molecule has 1 aromatic rings. The molecular weight excluding hydrogens is 146 g/mol. The maximum atomic E-state index is 10.3. The van der Waals surface area contributed by atoms with E-state index in [9.17, 15) is 4.79 Å². The Morgan fingerprint density at radius 1 is 1.64 bits per heavy atom. The van der Waals surface area contributed by atoms with Crippen LogP contribution in [0.1, 0.15) is 11.7 Å². The Morgan fingerprint density at radius 3 is 2.82 bits per heavy atom. The highest BCUT2D eigenvalue weighted by Crippen LogP contribution is 2.02. The summed E-state index contributed by atoms with van der Waals surface area (Å²) < 4.78 is 0. The third kappa shape index (κ3) is 1.71. The van der Waals surface area contributed by atoms with Gasteiger partial charge in [0, 0.05) is 12.4 Å². The van der Waals surface area contributed by atoms with Crippen LogP contribution in [0.2, 0.25) is 0 Å². The molecule has 58 valence electrons. The summed E-state index contributed by atoms with van der Waals surface area (Å²) in [6.45, 7) is 0. The number of hydrogen-bond acceptors (Lipinski definition) is 4. The molecule has 0 amide bonds. The summed E-state index contributed by atoms with van der Waals surface area (Å²) >= 11 is 0. The van der Waals surface area contributed by atoms with Gasteiger partial charge in [0.1, 0.15) is 6.04 Å². The molecule has 0 aliphatic carbocycles. The molecule has 0 saturated carbocycles. The van der Waals surface area contributed by atoms with Crippen LogP contribution in [0.15, 0.2) is 18.6 Å². The predicted octanol–water partition coefficient (Wildman–Crippen LogP) is -0.439. The topological polar surface area (TPSA) is 89.1 Å². The van der Waals surface area contributed by atoms with Crippen molar-refractivity contribution < 1.29 is 9.90 Å². The van der Waals surface area contributed by atoms with Gasteiger partial charge in [-0.3, -0.25) is 14.8 Å². The van der Waals surface area contributed by atoms with Gasteiger partial charge in [0.05, 0.1) is 11.9 Å². The van der Waals surface area contributed by atoms with Crippen molar-refractivity contribution >= 4 is 5.97 Å². The number of nitrogens with two attached hydrogens (primary N) is 1. The van der Waals surface area contributed by atoms with Crippen molar-refractivity contribution in [3.05, 3.63) is 24.3 Å². The van der Waals surface area contributed by atoms with Gasteiger partial charge in [0.15, 0.2) is 0 Å². The van der Waals surface area contributed by atoms with E-state index in [-0.39, 0.29) is 5.69 Å². The average molecular weight is 153 g/mol. The van der Waals surface area contributed by atoms with Gasteiger partial charge in [0.2, 0.25) is 0 Å². The Bertz CT molecular complexity index is 249. The zero-order valence-electron chi connectivity index (χ0n) is 5.64. The largest absolute Gasteiger partial charge is 0.480 e. The van der Waals surface area contributed by atoms with Gasteiger partial charge in [-0.15, -0.1) is 0 Å². The van der Waals surface area contributed by atoms with Crippen molar-refractivity contribution in [1.82, 2.24) is 9.97 Å². The van der Waals surface area contributed by atoms with Gasteiger partial charge in [0.25, 0.3) is 0 Å². The Balaban J connectivity index is 2.85. The molecule has 0 radical (unpaired) electrons. The van der Waals surface area contributed by atoms with Crippen molar-refractivity contribution in [1.29, 1.82) is 0 Å². The van der Waals surface area contributed by atoms with Crippen LogP contribution >= 0.6 is 0 Å².